The number of fused-ring (bicyclic) bond motifs is 1. The van der Waals surface area contributed by atoms with Crippen molar-refractivity contribution >= 4 is 11.8 Å². The third-order valence-electron chi connectivity index (χ3n) is 6.17. The predicted molar refractivity (Wildman–Crippen MR) is 106 cm³/mol. The fraction of sp³-hybridized carbons (Fsp3) is 0.435. The van der Waals surface area contributed by atoms with Crippen molar-refractivity contribution in [2.75, 3.05) is 4.90 Å². The van der Waals surface area contributed by atoms with Gasteiger partial charge in [0.1, 0.15) is 5.76 Å². The molecule has 2 aliphatic rings. The van der Waals surface area contributed by atoms with Crippen molar-refractivity contribution in [3.8, 4) is 0 Å². The number of nitrogens with zero attached hydrogens (tertiary/aromatic N) is 1. The summed E-state index contributed by atoms with van der Waals surface area (Å²) in [6, 6.07) is 12.6. The molecule has 2 atom stereocenters. The van der Waals surface area contributed by atoms with Crippen LogP contribution in [0.1, 0.15) is 55.9 Å². The van der Waals surface area contributed by atoms with E-state index in [9.17, 15) is 4.79 Å². The van der Waals surface area contributed by atoms with Gasteiger partial charge in [0.25, 0.3) is 0 Å². The minimum absolute atomic E-state index is 0.0282. The number of benzene rings is 1. The topological polar surface area (TPSA) is 33.5 Å². The molecule has 1 aromatic carbocycles. The van der Waals surface area contributed by atoms with E-state index in [0.29, 0.717) is 17.2 Å². The number of hydrogen-bond donors (Lipinski definition) is 0. The molecule has 4 rings (SSSR count). The van der Waals surface area contributed by atoms with Crippen LogP contribution in [-0.2, 0) is 6.54 Å². The Hall–Kier alpha value is -2.29. The van der Waals surface area contributed by atoms with Crippen molar-refractivity contribution in [2.24, 2.45) is 5.92 Å². The molecule has 1 aromatic heterocycles. The van der Waals surface area contributed by atoms with Crippen molar-refractivity contribution in [1.82, 2.24) is 0 Å². The molecule has 1 spiro atoms. The van der Waals surface area contributed by atoms with Gasteiger partial charge in [-0.25, -0.2) is 4.79 Å². The molecule has 1 aliphatic heterocycles. The first-order valence-electron chi connectivity index (χ1n) is 9.76. The van der Waals surface area contributed by atoms with Gasteiger partial charge >= 0.3 is 5.63 Å². The van der Waals surface area contributed by atoms with E-state index in [2.05, 4.69) is 48.2 Å². The fourth-order valence-electron chi connectivity index (χ4n) is 4.70. The van der Waals surface area contributed by atoms with E-state index >= 15 is 0 Å². The van der Waals surface area contributed by atoms with E-state index in [1.165, 1.54) is 31.2 Å². The van der Waals surface area contributed by atoms with Gasteiger partial charge in [-0.1, -0.05) is 62.6 Å². The second-order valence-electron chi connectivity index (χ2n) is 7.84. The maximum atomic E-state index is 12.5. The molecule has 2 heterocycles. The zero-order valence-electron chi connectivity index (χ0n) is 15.7. The first-order chi connectivity index (χ1) is 12.6. The standard InChI is InChI=1S/C23H27NO2/c1-17-9-5-4-8-13-23(17)14-12-20-21(15-18(2)26-22(20)25)24(23)16-19-10-6-3-7-11-19/h3,6-7,10-12,14-15,17H,4-5,8-9,13,16H2,1-2H3/t17-,23-/m1/s1. The minimum Gasteiger partial charge on any atom is -0.428 e. The lowest BCUT2D eigenvalue weighted by Gasteiger charge is -2.49. The maximum absolute atomic E-state index is 12.5. The average Bonchev–Trinajstić information content (AvgIpc) is 2.81. The highest BCUT2D eigenvalue weighted by Crippen LogP contribution is 2.45. The summed E-state index contributed by atoms with van der Waals surface area (Å²) >= 11 is 0. The fourth-order valence-corrected chi connectivity index (χ4v) is 4.70. The highest BCUT2D eigenvalue weighted by atomic mass is 16.4. The SMILES string of the molecule is Cc1cc2c(c(=O)o1)C=C[C@@]1(CCCCC[C@H]1C)N2Cc1ccccc1. The van der Waals surface area contributed by atoms with Gasteiger partial charge in [-0.15, -0.1) is 0 Å². The van der Waals surface area contributed by atoms with Crippen molar-refractivity contribution in [3.05, 3.63) is 69.8 Å². The molecular weight excluding hydrogens is 322 g/mol. The molecule has 3 nitrogen and oxygen atoms in total. The van der Waals surface area contributed by atoms with Crippen molar-refractivity contribution in [2.45, 2.75) is 58.0 Å². The summed E-state index contributed by atoms with van der Waals surface area (Å²) in [6.07, 6.45) is 10.5. The third kappa shape index (κ3) is 2.90. The van der Waals surface area contributed by atoms with Crippen LogP contribution in [-0.4, -0.2) is 5.54 Å². The van der Waals surface area contributed by atoms with E-state index in [1.807, 2.05) is 19.1 Å². The van der Waals surface area contributed by atoms with Crippen LogP contribution in [0.25, 0.3) is 6.08 Å². The van der Waals surface area contributed by atoms with Crippen molar-refractivity contribution < 1.29 is 4.42 Å². The molecule has 0 saturated heterocycles. The zero-order chi connectivity index (χ0) is 18.1. The van der Waals surface area contributed by atoms with Gasteiger partial charge in [0, 0.05) is 12.6 Å². The Balaban J connectivity index is 1.87. The number of aryl methyl sites for hydroxylation is 1. The van der Waals surface area contributed by atoms with Crippen LogP contribution in [0.5, 0.6) is 0 Å². The Morgan fingerprint density at radius 3 is 2.81 bits per heavy atom. The van der Waals surface area contributed by atoms with E-state index in [1.54, 1.807) is 0 Å². The first-order valence-corrected chi connectivity index (χ1v) is 9.76. The Kier molecular flexibility index (Phi) is 4.47. The third-order valence-corrected chi connectivity index (χ3v) is 6.17. The van der Waals surface area contributed by atoms with Crippen LogP contribution >= 0.6 is 0 Å². The predicted octanol–water partition coefficient (Wildman–Crippen LogP) is 5.32. The van der Waals surface area contributed by atoms with Gasteiger partial charge in [0.15, 0.2) is 0 Å². The molecule has 1 saturated carbocycles. The minimum atomic E-state index is -0.231. The van der Waals surface area contributed by atoms with E-state index < -0.39 is 0 Å². The van der Waals surface area contributed by atoms with Gasteiger partial charge < -0.3 is 9.32 Å². The second-order valence-corrected chi connectivity index (χ2v) is 7.84. The largest absolute Gasteiger partial charge is 0.428 e. The monoisotopic (exact) mass is 349 g/mol. The molecule has 0 radical (unpaired) electrons. The van der Waals surface area contributed by atoms with Gasteiger partial charge in [-0.05, 0) is 37.3 Å². The van der Waals surface area contributed by atoms with Gasteiger partial charge in [0.05, 0.1) is 16.8 Å². The molecule has 0 bridgehead atoms. The summed E-state index contributed by atoms with van der Waals surface area (Å²) in [5, 5.41) is 0. The molecule has 26 heavy (non-hydrogen) atoms. The lowest BCUT2D eigenvalue weighted by Crippen LogP contribution is -2.53. The summed E-state index contributed by atoms with van der Waals surface area (Å²) in [6.45, 7) is 5.05. The quantitative estimate of drug-likeness (QED) is 0.735. The van der Waals surface area contributed by atoms with Crippen LogP contribution < -0.4 is 10.5 Å². The molecule has 0 amide bonds. The summed E-state index contributed by atoms with van der Waals surface area (Å²) in [7, 11) is 0. The molecule has 1 aliphatic carbocycles. The molecule has 2 aromatic rings. The van der Waals surface area contributed by atoms with Crippen LogP contribution in [0.2, 0.25) is 0 Å². The highest BCUT2D eigenvalue weighted by Gasteiger charge is 2.43. The lowest BCUT2D eigenvalue weighted by atomic mass is 9.76. The van der Waals surface area contributed by atoms with Crippen LogP contribution in [0.3, 0.4) is 0 Å². The normalized spacial score (nSPS) is 25.2. The Morgan fingerprint density at radius 1 is 1.19 bits per heavy atom. The molecule has 0 unspecified atom stereocenters. The summed E-state index contributed by atoms with van der Waals surface area (Å²) in [4.78, 5) is 14.9. The van der Waals surface area contributed by atoms with Crippen LogP contribution in [0, 0.1) is 12.8 Å². The van der Waals surface area contributed by atoms with Crippen molar-refractivity contribution in [1.29, 1.82) is 0 Å². The molecule has 0 N–H and O–H groups in total. The molecule has 3 heteroatoms. The lowest BCUT2D eigenvalue weighted by molar-refractivity contribution is 0.307. The number of rotatable bonds is 2. The summed E-state index contributed by atoms with van der Waals surface area (Å²) in [5.41, 5.74) is 2.73. The van der Waals surface area contributed by atoms with Crippen molar-refractivity contribution in [3.63, 3.8) is 0 Å². The maximum Gasteiger partial charge on any atom is 0.345 e. The molecular formula is C23H27NO2. The van der Waals surface area contributed by atoms with Crippen LogP contribution in [0.15, 0.2) is 51.7 Å². The van der Waals surface area contributed by atoms with Gasteiger partial charge in [0.2, 0.25) is 0 Å². The average molecular weight is 349 g/mol. The van der Waals surface area contributed by atoms with E-state index in [0.717, 1.165) is 18.7 Å². The Bertz CT molecular complexity index is 868. The Labute approximate surface area is 155 Å². The summed E-state index contributed by atoms with van der Waals surface area (Å²) < 4.78 is 5.37. The van der Waals surface area contributed by atoms with Gasteiger partial charge in [-0.3, -0.25) is 0 Å². The number of anilines is 1. The van der Waals surface area contributed by atoms with Crippen LogP contribution in [0.4, 0.5) is 5.69 Å². The molecule has 1 fully saturated rings. The van der Waals surface area contributed by atoms with E-state index in [-0.39, 0.29) is 11.2 Å². The molecule has 136 valence electrons. The summed E-state index contributed by atoms with van der Waals surface area (Å²) in [5.74, 6) is 1.23. The number of hydrogen-bond acceptors (Lipinski definition) is 3. The first kappa shape index (κ1) is 17.1. The Morgan fingerprint density at radius 2 is 2.00 bits per heavy atom. The second kappa shape index (κ2) is 6.79. The smallest absolute Gasteiger partial charge is 0.345 e. The highest BCUT2D eigenvalue weighted by molar-refractivity contribution is 5.73. The van der Waals surface area contributed by atoms with Gasteiger partial charge in [-0.2, -0.15) is 0 Å². The zero-order valence-corrected chi connectivity index (χ0v) is 15.7. The van der Waals surface area contributed by atoms with E-state index in [4.69, 9.17) is 4.42 Å².